The number of nitrogens with zero attached hydrogens (tertiary/aromatic N) is 1. The summed E-state index contributed by atoms with van der Waals surface area (Å²) in [5.41, 5.74) is 0.428. The smallest absolute Gasteiger partial charge is 0.303 e. The number of amides is 2. The largest absolute Gasteiger partial charge is 0.481 e. The van der Waals surface area contributed by atoms with E-state index in [4.69, 9.17) is 5.11 Å². The van der Waals surface area contributed by atoms with E-state index < -0.39 is 11.4 Å². The number of hydrogen-bond donors (Lipinski definition) is 2. The van der Waals surface area contributed by atoms with Gasteiger partial charge in [-0.3, -0.25) is 14.4 Å². The van der Waals surface area contributed by atoms with Gasteiger partial charge in [-0.25, -0.2) is 0 Å². The third-order valence-corrected chi connectivity index (χ3v) is 4.89. The lowest BCUT2D eigenvalue weighted by molar-refractivity contribution is -0.143. The fraction of sp³-hybridized carbons (Fsp3) is 0.571. The van der Waals surface area contributed by atoms with Crippen LogP contribution in [0.5, 0.6) is 0 Å². The van der Waals surface area contributed by atoms with Gasteiger partial charge in [0.1, 0.15) is 0 Å². The Morgan fingerprint density at radius 2 is 1.89 bits per heavy atom. The first-order valence-electron chi connectivity index (χ1n) is 9.55. The van der Waals surface area contributed by atoms with Crippen molar-refractivity contribution in [2.75, 3.05) is 13.1 Å². The Balaban J connectivity index is 2.05. The number of benzene rings is 1. The number of likely N-dealkylation sites (tertiary alicyclic amines) is 1. The van der Waals surface area contributed by atoms with Crippen LogP contribution < -0.4 is 5.32 Å². The molecule has 6 nitrogen and oxygen atoms in total. The van der Waals surface area contributed by atoms with Gasteiger partial charge >= 0.3 is 5.97 Å². The van der Waals surface area contributed by atoms with Crippen LogP contribution in [0.1, 0.15) is 58.1 Å². The molecule has 2 atom stereocenters. The molecule has 0 radical (unpaired) electrons. The molecule has 1 aromatic carbocycles. The normalized spacial score (nSPS) is 18.6. The van der Waals surface area contributed by atoms with E-state index >= 15 is 0 Å². The number of rotatable bonds is 6. The van der Waals surface area contributed by atoms with Crippen molar-refractivity contribution < 1.29 is 19.5 Å². The molecular weight excluding hydrogens is 344 g/mol. The van der Waals surface area contributed by atoms with Gasteiger partial charge in [-0.05, 0) is 24.8 Å². The molecule has 2 amide bonds. The minimum absolute atomic E-state index is 0.0147. The Morgan fingerprint density at radius 1 is 1.22 bits per heavy atom. The molecule has 1 aliphatic rings. The fourth-order valence-corrected chi connectivity index (χ4v) is 3.41. The third kappa shape index (κ3) is 6.08. The lowest BCUT2D eigenvalue weighted by Gasteiger charge is -2.36. The van der Waals surface area contributed by atoms with E-state index in [1.807, 2.05) is 51.1 Å². The Kier molecular flexibility index (Phi) is 6.99. The van der Waals surface area contributed by atoms with Gasteiger partial charge < -0.3 is 15.3 Å². The lowest BCUT2D eigenvalue weighted by Crippen LogP contribution is -2.49. The third-order valence-electron chi connectivity index (χ3n) is 4.89. The topological polar surface area (TPSA) is 86.7 Å². The average molecular weight is 374 g/mol. The molecular formula is C21H30N2O4. The molecule has 1 heterocycles. The zero-order valence-corrected chi connectivity index (χ0v) is 16.4. The first-order chi connectivity index (χ1) is 12.7. The maximum atomic E-state index is 12.8. The van der Waals surface area contributed by atoms with E-state index in [1.165, 1.54) is 0 Å². The number of carboxylic acid groups (broad SMARTS) is 1. The molecule has 1 saturated heterocycles. The Bertz CT molecular complexity index is 667. The van der Waals surface area contributed by atoms with Gasteiger partial charge in [0.05, 0.1) is 12.0 Å². The number of aliphatic carboxylic acids is 1. The van der Waals surface area contributed by atoms with Crippen LogP contribution >= 0.6 is 0 Å². The highest BCUT2D eigenvalue weighted by atomic mass is 16.4. The first kappa shape index (κ1) is 20.9. The van der Waals surface area contributed by atoms with Crippen molar-refractivity contribution in [2.45, 2.75) is 52.5 Å². The second kappa shape index (κ2) is 9.02. The SMILES string of the molecule is CC(C)(C)C(=O)N1CCCC(C(=O)NC(CCC(=O)O)c2ccccc2)C1. The monoisotopic (exact) mass is 374 g/mol. The van der Waals surface area contributed by atoms with E-state index in [0.717, 1.165) is 18.4 Å². The summed E-state index contributed by atoms with van der Waals surface area (Å²) in [7, 11) is 0. The molecule has 2 N–H and O–H groups in total. The van der Waals surface area contributed by atoms with Crippen molar-refractivity contribution in [1.29, 1.82) is 0 Å². The van der Waals surface area contributed by atoms with Crippen molar-refractivity contribution in [3.05, 3.63) is 35.9 Å². The van der Waals surface area contributed by atoms with E-state index in [2.05, 4.69) is 5.32 Å². The number of carboxylic acids is 1. The van der Waals surface area contributed by atoms with Crippen LogP contribution in [0.25, 0.3) is 0 Å². The summed E-state index contributed by atoms with van der Waals surface area (Å²) in [6, 6.07) is 9.07. The average Bonchev–Trinajstić information content (AvgIpc) is 2.64. The molecule has 0 aliphatic carbocycles. The minimum atomic E-state index is -0.884. The Hall–Kier alpha value is -2.37. The second-order valence-electron chi connectivity index (χ2n) is 8.24. The fourth-order valence-electron chi connectivity index (χ4n) is 3.41. The molecule has 0 spiro atoms. The first-order valence-corrected chi connectivity index (χ1v) is 9.55. The van der Waals surface area contributed by atoms with Crippen LogP contribution in [0, 0.1) is 11.3 Å². The van der Waals surface area contributed by atoms with Crippen LogP contribution in [0.2, 0.25) is 0 Å². The predicted octanol–water partition coefficient (Wildman–Crippen LogP) is 2.99. The lowest BCUT2D eigenvalue weighted by atomic mass is 9.90. The number of piperidine rings is 1. The van der Waals surface area contributed by atoms with Gasteiger partial charge in [0.2, 0.25) is 11.8 Å². The minimum Gasteiger partial charge on any atom is -0.481 e. The van der Waals surface area contributed by atoms with E-state index in [0.29, 0.717) is 19.5 Å². The Labute approximate surface area is 160 Å². The van der Waals surface area contributed by atoms with Crippen molar-refractivity contribution >= 4 is 17.8 Å². The van der Waals surface area contributed by atoms with Crippen molar-refractivity contribution in [3.8, 4) is 0 Å². The second-order valence-corrected chi connectivity index (χ2v) is 8.24. The van der Waals surface area contributed by atoms with Crippen molar-refractivity contribution in [3.63, 3.8) is 0 Å². The number of hydrogen-bond acceptors (Lipinski definition) is 3. The summed E-state index contributed by atoms with van der Waals surface area (Å²) in [6.45, 7) is 6.76. The molecule has 0 aromatic heterocycles. The molecule has 148 valence electrons. The molecule has 0 saturated carbocycles. The maximum absolute atomic E-state index is 12.8. The van der Waals surface area contributed by atoms with Crippen LogP contribution in [-0.4, -0.2) is 40.9 Å². The summed E-state index contributed by atoms with van der Waals surface area (Å²) in [5.74, 6) is -1.20. The highest BCUT2D eigenvalue weighted by Crippen LogP contribution is 2.25. The van der Waals surface area contributed by atoms with Gasteiger partial charge in [-0.1, -0.05) is 51.1 Å². The van der Waals surface area contributed by atoms with Gasteiger partial charge in [-0.2, -0.15) is 0 Å². The number of nitrogens with one attached hydrogen (secondary N) is 1. The standard InChI is InChI=1S/C21H30N2O4/c1-21(2,3)20(27)23-13-7-10-16(14-23)19(26)22-17(11-12-18(24)25)15-8-5-4-6-9-15/h4-6,8-9,16-17H,7,10-14H2,1-3H3,(H,22,26)(H,24,25). The van der Waals surface area contributed by atoms with Gasteiger partial charge in [-0.15, -0.1) is 0 Å². The molecule has 1 fully saturated rings. The zero-order valence-electron chi connectivity index (χ0n) is 16.4. The maximum Gasteiger partial charge on any atom is 0.303 e. The van der Waals surface area contributed by atoms with Gasteiger partial charge in [0, 0.05) is 24.9 Å². The molecule has 27 heavy (non-hydrogen) atoms. The molecule has 2 unspecified atom stereocenters. The van der Waals surface area contributed by atoms with Crippen molar-refractivity contribution in [1.82, 2.24) is 10.2 Å². The highest BCUT2D eigenvalue weighted by Gasteiger charge is 2.34. The molecule has 2 rings (SSSR count). The highest BCUT2D eigenvalue weighted by molar-refractivity contribution is 5.84. The summed E-state index contributed by atoms with van der Waals surface area (Å²) in [4.78, 5) is 38.1. The van der Waals surface area contributed by atoms with Crippen LogP contribution in [0.3, 0.4) is 0 Å². The Morgan fingerprint density at radius 3 is 2.48 bits per heavy atom. The van der Waals surface area contributed by atoms with Crippen molar-refractivity contribution in [2.24, 2.45) is 11.3 Å². The van der Waals surface area contributed by atoms with Gasteiger partial charge in [0.25, 0.3) is 0 Å². The van der Waals surface area contributed by atoms with E-state index in [1.54, 1.807) is 4.90 Å². The molecule has 1 aromatic rings. The molecule has 0 bridgehead atoms. The summed E-state index contributed by atoms with van der Waals surface area (Å²) in [6.07, 6.45) is 1.85. The van der Waals surface area contributed by atoms with Crippen LogP contribution in [0.15, 0.2) is 30.3 Å². The molecule has 6 heteroatoms. The van der Waals surface area contributed by atoms with E-state index in [-0.39, 0.29) is 30.2 Å². The van der Waals surface area contributed by atoms with Crippen LogP contribution in [0.4, 0.5) is 0 Å². The molecule has 1 aliphatic heterocycles. The summed E-state index contributed by atoms with van der Waals surface area (Å²) >= 11 is 0. The number of carbonyl (C=O) groups is 3. The summed E-state index contributed by atoms with van der Waals surface area (Å²) < 4.78 is 0. The zero-order chi connectivity index (χ0) is 20.0. The quantitative estimate of drug-likeness (QED) is 0.801. The number of carbonyl (C=O) groups excluding carboxylic acids is 2. The predicted molar refractivity (Wildman–Crippen MR) is 103 cm³/mol. The van der Waals surface area contributed by atoms with E-state index in [9.17, 15) is 14.4 Å². The van der Waals surface area contributed by atoms with Crippen LogP contribution in [-0.2, 0) is 14.4 Å². The van der Waals surface area contributed by atoms with Gasteiger partial charge in [0.15, 0.2) is 0 Å². The summed E-state index contributed by atoms with van der Waals surface area (Å²) in [5, 5.41) is 12.0.